The Labute approximate surface area is 159 Å². The van der Waals surface area contributed by atoms with E-state index in [-0.39, 0.29) is 10.9 Å². The highest BCUT2D eigenvalue weighted by atomic mass is 35.5. The van der Waals surface area contributed by atoms with Gasteiger partial charge in [0.15, 0.2) is 0 Å². The number of hydrogen-bond donors (Lipinski definition) is 1. The van der Waals surface area contributed by atoms with Gasteiger partial charge in [0.1, 0.15) is 5.01 Å². The van der Waals surface area contributed by atoms with Crippen LogP contribution in [-0.2, 0) is 22.2 Å². The maximum absolute atomic E-state index is 12.2. The summed E-state index contributed by atoms with van der Waals surface area (Å²) in [6.45, 7) is 0. The fraction of sp³-hybridized carbons (Fsp3) is 0.125. The summed E-state index contributed by atoms with van der Waals surface area (Å²) >= 11 is 12.9. The molecule has 1 aromatic heterocycles. The third-order valence-electron chi connectivity index (χ3n) is 3.25. The van der Waals surface area contributed by atoms with Crippen LogP contribution in [0.25, 0.3) is 0 Å². The highest BCUT2D eigenvalue weighted by molar-refractivity contribution is 7.92. The van der Waals surface area contributed by atoms with E-state index in [0.29, 0.717) is 27.0 Å². The van der Waals surface area contributed by atoms with Crippen LogP contribution in [0.2, 0.25) is 10.0 Å². The van der Waals surface area contributed by atoms with Crippen LogP contribution in [0.1, 0.15) is 16.1 Å². The predicted molar refractivity (Wildman–Crippen MR) is 102 cm³/mol. The molecule has 0 bridgehead atoms. The first-order valence-electron chi connectivity index (χ1n) is 7.21. The molecule has 0 fully saturated rings. The summed E-state index contributed by atoms with van der Waals surface area (Å²) < 4.78 is 26.9. The number of halogens is 2. The predicted octanol–water partition coefficient (Wildman–Crippen LogP) is 4.38. The highest BCUT2D eigenvalue weighted by Gasteiger charge is 2.15. The van der Waals surface area contributed by atoms with Crippen molar-refractivity contribution in [2.75, 3.05) is 4.72 Å². The summed E-state index contributed by atoms with van der Waals surface area (Å²) in [6, 6.07) is 14.0. The van der Waals surface area contributed by atoms with Gasteiger partial charge in [-0.3, -0.25) is 4.72 Å². The first kappa shape index (κ1) is 18.1. The van der Waals surface area contributed by atoms with Gasteiger partial charge in [-0.05, 0) is 35.4 Å². The molecule has 0 spiro atoms. The highest BCUT2D eigenvalue weighted by Crippen LogP contribution is 2.21. The second kappa shape index (κ2) is 7.70. The van der Waals surface area contributed by atoms with Crippen molar-refractivity contribution < 1.29 is 8.42 Å². The molecule has 130 valence electrons. The summed E-state index contributed by atoms with van der Waals surface area (Å²) in [5.41, 5.74) is 1.67. The molecule has 1 heterocycles. The molecule has 0 amide bonds. The van der Waals surface area contributed by atoms with Crippen LogP contribution >= 0.6 is 34.5 Å². The fourth-order valence-corrected chi connectivity index (χ4v) is 4.55. The molecule has 0 atom stereocenters. The van der Waals surface area contributed by atoms with Crippen molar-refractivity contribution in [2.45, 2.75) is 12.2 Å². The van der Waals surface area contributed by atoms with E-state index in [1.165, 1.54) is 11.3 Å². The Bertz CT molecular complexity index is 956. The van der Waals surface area contributed by atoms with E-state index in [0.717, 1.165) is 5.56 Å². The second-order valence-corrected chi connectivity index (χ2v) is 8.95. The van der Waals surface area contributed by atoms with Gasteiger partial charge in [-0.2, -0.15) is 0 Å². The van der Waals surface area contributed by atoms with Gasteiger partial charge >= 0.3 is 0 Å². The average molecular weight is 414 g/mol. The summed E-state index contributed by atoms with van der Waals surface area (Å²) in [7, 11) is -3.57. The lowest BCUT2D eigenvalue weighted by atomic mass is 10.2. The van der Waals surface area contributed by atoms with Gasteiger partial charge in [0.25, 0.3) is 0 Å². The molecule has 3 rings (SSSR count). The normalized spacial score (nSPS) is 11.4. The molecular formula is C16H13Cl2N3O2S2. The smallest absolute Gasteiger partial charge is 0.238 e. The SMILES string of the molecule is O=S(=O)(Cc1ccc(Cl)cc1)Nc1nnc(Cc2ccc(Cl)cc2)s1. The molecule has 2 aromatic carbocycles. The molecule has 3 aromatic rings. The lowest BCUT2D eigenvalue weighted by Gasteiger charge is -2.04. The van der Waals surface area contributed by atoms with Crippen LogP contribution in [0, 0.1) is 0 Å². The fourth-order valence-electron chi connectivity index (χ4n) is 2.11. The molecule has 0 unspecified atom stereocenters. The van der Waals surface area contributed by atoms with Crippen molar-refractivity contribution in [3.05, 3.63) is 74.7 Å². The number of nitrogens with one attached hydrogen (secondary N) is 1. The summed E-state index contributed by atoms with van der Waals surface area (Å²) in [6.07, 6.45) is 0.563. The number of benzene rings is 2. The maximum atomic E-state index is 12.2. The van der Waals surface area contributed by atoms with Crippen molar-refractivity contribution in [2.24, 2.45) is 0 Å². The van der Waals surface area contributed by atoms with Crippen LogP contribution in [0.5, 0.6) is 0 Å². The van der Waals surface area contributed by atoms with Gasteiger partial charge in [-0.15, -0.1) is 10.2 Å². The van der Waals surface area contributed by atoms with E-state index < -0.39 is 10.0 Å². The van der Waals surface area contributed by atoms with Crippen LogP contribution in [-0.4, -0.2) is 18.6 Å². The first-order chi connectivity index (χ1) is 11.9. The lowest BCUT2D eigenvalue weighted by Crippen LogP contribution is -2.14. The van der Waals surface area contributed by atoms with Crippen LogP contribution < -0.4 is 4.72 Å². The van der Waals surface area contributed by atoms with Gasteiger partial charge in [0.2, 0.25) is 15.2 Å². The summed E-state index contributed by atoms with van der Waals surface area (Å²) in [5, 5.41) is 10.1. The quantitative estimate of drug-likeness (QED) is 0.650. The molecule has 0 saturated carbocycles. The largest absolute Gasteiger partial charge is 0.257 e. The van der Waals surface area contributed by atoms with E-state index in [4.69, 9.17) is 23.2 Å². The number of hydrogen-bond acceptors (Lipinski definition) is 5. The van der Waals surface area contributed by atoms with E-state index >= 15 is 0 Å². The Morgan fingerprint density at radius 1 is 0.880 bits per heavy atom. The Kier molecular flexibility index (Phi) is 5.58. The number of nitrogens with zero attached hydrogens (tertiary/aromatic N) is 2. The molecule has 9 heteroatoms. The Morgan fingerprint density at radius 2 is 1.44 bits per heavy atom. The number of sulfonamides is 1. The van der Waals surface area contributed by atoms with Crippen molar-refractivity contribution in [3.8, 4) is 0 Å². The molecule has 0 aliphatic heterocycles. The van der Waals surface area contributed by atoms with Crippen molar-refractivity contribution in [3.63, 3.8) is 0 Å². The third-order valence-corrected chi connectivity index (χ3v) is 5.94. The van der Waals surface area contributed by atoms with Gasteiger partial charge in [0.05, 0.1) is 5.75 Å². The third kappa shape index (κ3) is 5.40. The zero-order valence-electron chi connectivity index (χ0n) is 12.8. The summed E-state index contributed by atoms with van der Waals surface area (Å²) in [5.74, 6) is -0.156. The average Bonchev–Trinajstić information content (AvgIpc) is 2.98. The van der Waals surface area contributed by atoms with Crippen molar-refractivity contribution in [1.29, 1.82) is 0 Å². The monoisotopic (exact) mass is 413 g/mol. The van der Waals surface area contributed by atoms with Crippen LogP contribution in [0.15, 0.2) is 48.5 Å². The Hall–Kier alpha value is -1.67. The van der Waals surface area contributed by atoms with E-state index in [2.05, 4.69) is 14.9 Å². The maximum Gasteiger partial charge on any atom is 0.238 e. The molecule has 5 nitrogen and oxygen atoms in total. The van der Waals surface area contributed by atoms with Gasteiger partial charge in [0, 0.05) is 16.5 Å². The Balaban J connectivity index is 1.65. The molecule has 0 saturated heterocycles. The molecular weight excluding hydrogens is 401 g/mol. The minimum absolute atomic E-state index is 0.156. The summed E-state index contributed by atoms with van der Waals surface area (Å²) in [4.78, 5) is 0. The number of aromatic nitrogens is 2. The van der Waals surface area contributed by atoms with E-state index in [1.807, 2.05) is 12.1 Å². The molecule has 1 N–H and O–H groups in total. The standard InChI is InChI=1S/C16H13Cl2N3O2S2/c17-13-5-1-11(2-6-13)9-15-19-20-16(24-15)21-25(22,23)10-12-3-7-14(18)8-4-12/h1-8H,9-10H2,(H,20,21). The minimum Gasteiger partial charge on any atom is -0.257 e. The van der Waals surface area contributed by atoms with Crippen molar-refractivity contribution in [1.82, 2.24) is 10.2 Å². The lowest BCUT2D eigenvalue weighted by molar-refractivity contribution is 0.600. The zero-order valence-corrected chi connectivity index (χ0v) is 16.0. The zero-order chi connectivity index (χ0) is 17.9. The van der Waals surface area contributed by atoms with Crippen LogP contribution in [0.3, 0.4) is 0 Å². The van der Waals surface area contributed by atoms with Gasteiger partial charge in [-0.25, -0.2) is 8.42 Å². The molecule has 0 aliphatic carbocycles. The Morgan fingerprint density at radius 3 is 2.04 bits per heavy atom. The molecule has 0 aliphatic rings. The number of rotatable bonds is 6. The van der Waals surface area contributed by atoms with Gasteiger partial charge < -0.3 is 0 Å². The molecule has 0 radical (unpaired) electrons. The van der Waals surface area contributed by atoms with Crippen molar-refractivity contribution >= 4 is 49.7 Å². The minimum atomic E-state index is -3.57. The molecule has 25 heavy (non-hydrogen) atoms. The second-order valence-electron chi connectivity index (χ2n) is 5.29. The topological polar surface area (TPSA) is 72.0 Å². The van der Waals surface area contributed by atoms with Crippen LogP contribution in [0.4, 0.5) is 5.13 Å². The van der Waals surface area contributed by atoms with E-state index in [9.17, 15) is 8.42 Å². The number of anilines is 1. The van der Waals surface area contributed by atoms with E-state index in [1.54, 1.807) is 36.4 Å². The van der Waals surface area contributed by atoms with Gasteiger partial charge in [-0.1, -0.05) is 58.8 Å². The first-order valence-corrected chi connectivity index (χ1v) is 10.4.